The summed E-state index contributed by atoms with van der Waals surface area (Å²) in [5.41, 5.74) is 7.26. The first-order chi connectivity index (χ1) is 14.2. The van der Waals surface area contributed by atoms with Crippen LogP contribution < -0.4 is 0 Å². The van der Waals surface area contributed by atoms with E-state index in [1.807, 2.05) is 19.1 Å². The molecular weight excluding hydrogens is 352 g/mol. The molecule has 0 bridgehead atoms. The van der Waals surface area contributed by atoms with Gasteiger partial charge in [-0.05, 0) is 59.2 Å². The number of unbranched alkanes of at least 4 members (excludes halogenated alkanes) is 5. The van der Waals surface area contributed by atoms with Crippen LogP contribution in [-0.4, -0.2) is 5.11 Å². The highest BCUT2D eigenvalue weighted by molar-refractivity contribution is 5.83. The van der Waals surface area contributed by atoms with Gasteiger partial charge >= 0.3 is 0 Å². The maximum atomic E-state index is 9.97. The number of hydrogen-bond acceptors (Lipinski definition) is 1. The molecule has 29 heavy (non-hydrogen) atoms. The Morgan fingerprint density at radius 1 is 0.690 bits per heavy atom. The molecule has 0 heterocycles. The zero-order valence-corrected chi connectivity index (χ0v) is 17.9. The Kier molecular flexibility index (Phi) is 8.07. The standard InChI is InChI=1S/C28H34O/c1-3-4-5-6-7-8-13-23-14-11-16-25(20-23)27-18-9-10-19-28(27)26-17-12-15-24(21-26)22(2)29/h9-12,14-22,29H,3-8,13H2,1-2H3. The summed E-state index contributed by atoms with van der Waals surface area (Å²) in [6.45, 7) is 4.08. The normalized spacial score (nSPS) is 12.1. The number of aliphatic hydroxyl groups excluding tert-OH is 1. The average molecular weight is 387 g/mol. The van der Waals surface area contributed by atoms with Crippen LogP contribution in [0.1, 0.15) is 69.6 Å². The molecule has 3 rings (SSSR count). The first kappa shape index (κ1) is 21.3. The average Bonchev–Trinajstić information content (AvgIpc) is 2.76. The second-order valence-electron chi connectivity index (χ2n) is 8.07. The largest absolute Gasteiger partial charge is 0.389 e. The molecule has 0 aliphatic rings. The summed E-state index contributed by atoms with van der Waals surface area (Å²) >= 11 is 0. The van der Waals surface area contributed by atoms with E-state index in [4.69, 9.17) is 0 Å². The molecule has 0 radical (unpaired) electrons. The highest BCUT2D eigenvalue weighted by atomic mass is 16.3. The van der Waals surface area contributed by atoms with Crippen molar-refractivity contribution in [2.24, 2.45) is 0 Å². The Labute approximate surface area is 176 Å². The molecule has 1 nitrogen and oxygen atoms in total. The zero-order chi connectivity index (χ0) is 20.5. The van der Waals surface area contributed by atoms with Gasteiger partial charge in [0.2, 0.25) is 0 Å². The summed E-state index contributed by atoms with van der Waals surface area (Å²) < 4.78 is 0. The lowest BCUT2D eigenvalue weighted by molar-refractivity contribution is 0.199. The number of aliphatic hydroxyl groups is 1. The summed E-state index contributed by atoms with van der Waals surface area (Å²) in [6, 6.07) is 25.8. The molecule has 1 N–H and O–H groups in total. The van der Waals surface area contributed by atoms with E-state index < -0.39 is 6.10 Å². The summed E-state index contributed by atoms with van der Waals surface area (Å²) in [5, 5.41) is 9.97. The van der Waals surface area contributed by atoms with Gasteiger partial charge in [0.25, 0.3) is 0 Å². The van der Waals surface area contributed by atoms with Crippen LogP contribution in [-0.2, 0) is 6.42 Å². The van der Waals surface area contributed by atoms with Gasteiger partial charge in [0.1, 0.15) is 0 Å². The quantitative estimate of drug-likeness (QED) is 0.350. The zero-order valence-electron chi connectivity index (χ0n) is 17.9. The number of benzene rings is 3. The second-order valence-corrected chi connectivity index (χ2v) is 8.07. The third-order valence-corrected chi connectivity index (χ3v) is 5.66. The number of rotatable bonds is 10. The molecule has 0 aromatic heterocycles. The predicted molar refractivity (Wildman–Crippen MR) is 125 cm³/mol. The van der Waals surface area contributed by atoms with Crippen molar-refractivity contribution in [1.82, 2.24) is 0 Å². The van der Waals surface area contributed by atoms with Crippen LogP contribution in [0, 0.1) is 0 Å². The molecule has 0 aliphatic heterocycles. The molecule has 0 fully saturated rings. The molecule has 1 heteroatoms. The van der Waals surface area contributed by atoms with Crippen molar-refractivity contribution < 1.29 is 5.11 Å². The minimum absolute atomic E-state index is 0.456. The van der Waals surface area contributed by atoms with Crippen molar-refractivity contribution in [3.05, 3.63) is 83.9 Å². The minimum atomic E-state index is -0.456. The van der Waals surface area contributed by atoms with E-state index in [-0.39, 0.29) is 0 Å². The van der Waals surface area contributed by atoms with E-state index in [9.17, 15) is 5.11 Å². The fourth-order valence-corrected chi connectivity index (χ4v) is 3.96. The lowest BCUT2D eigenvalue weighted by Crippen LogP contribution is -1.92. The SMILES string of the molecule is CCCCCCCCc1cccc(-c2ccccc2-c2cccc(C(C)O)c2)c1. The summed E-state index contributed by atoms with van der Waals surface area (Å²) in [7, 11) is 0. The van der Waals surface area contributed by atoms with Crippen LogP contribution in [0.25, 0.3) is 22.3 Å². The lowest BCUT2D eigenvalue weighted by atomic mass is 9.92. The Bertz CT molecular complexity index is 894. The molecular formula is C28H34O. The van der Waals surface area contributed by atoms with Crippen LogP contribution in [0.2, 0.25) is 0 Å². The van der Waals surface area contributed by atoms with Gasteiger partial charge in [0, 0.05) is 0 Å². The molecule has 0 aliphatic carbocycles. The van der Waals surface area contributed by atoms with E-state index in [0.29, 0.717) is 0 Å². The molecule has 0 saturated carbocycles. The van der Waals surface area contributed by atoms with Crippen molar-refractivity contribution in [3.8, 4) is 22.3 Å². The molecule has 1 unspecified atom stereocenters. The van der Waals surface area contributed by atoms with Crippen molar-refractivity contribution in [1.29, 1.82) is 0 Å². The third-order valence-electron chi connectivity index (χ3n) is 5.66. The van der Waals surface area contributed by atoms with E-state index >= 15 is 0 Å². The van der Waals surface area contributed by atoms with Crippen molar-refractivity contribution in [2.75, 3.05) is 0 Å². The summed E-state index contributed by atoms with van der Waals surface area (Å²) in [4.78, 5) is 0. The van der Waals surface area contributed by atoms with Gasteiger partial charge in [-0.2, -0.15) is 0 Å². The van der Waals surface area contributed by atoms with Crippen LogP contribution in [0.5, 0.6) is 0 Å². The molecule has 0 amide bonds. The van der Waals surface area contributed by atoms with E-state index in [1.54, 1.807) is 0 Å². The van der Waals surface area contributed by atoms with Crippen LogP contribution in [0.15, 0.2) is 72.8 Å². The number of hydrogen-bond donors (Lipinski definition) is 1. The van der Waals surface area contributed by atoms with Gasteiger partial charge in [0.05, 0.1) is 6.10 Å². The highest BCUT2D eigenvalue weighted by Crippen LogP contribution is 2.33. The molecule has 3 aromatic rings. The first-order valence-electron chi connectivity index (χ1n) is 11.2. The predicted octanol–water partition coefficient (Wildman–Crippen LogP) is 7.98. The van der Waals surface area contributed by atoms with Gasteiger partial charge in [-0.25, -0.2) is 0 Å². The van der Waals surface area contributed by atoms with Gasteiger partial charge < -0.3 is 5.11 Å². The van der Waals surface area contributed by atoms with Crippen molar-refractivity contribution >= 4 is 0 Å². The monoisotopic (exact) mass is 386 g/mol. The Hall–Kier alpha value is -2.38. The van der Waals surface area contributed by atoms with Crippen molar-refractivity contribution in [3.63, 3.8) is 0 Å². The first-order valence-corrected chi connectivity index (χ1v) is 11.2. The molecule has 0 saturated heterocycles. The lowest BCUT2D eigenvalue weighted by Gasteiger charge is -2.13. The summed E-state index contributed by atoms with van der Waals surface area (Å²) in [5.74, 6) is 0. The van der Waals surface area contributed by atoms with Gasteiger partial charge in [-0.1, -0.05) is 106 Å². The minimum Gasteiger partial charge on any atom is -0.389 e. The van der Waals surface area contributed by atoms with Crippen LogP contribution >= 0.6 is 0 Å². The van der Waals surface area contributed by atoms with E-state index in [1.165, 1.54) is 60.8 Å². The number of aryl methyl sites for hydroxylation is 1. The van der Waals surface area contributed by atoms with Gasteiger partial charge in [-0.3, -0.25) is 0 Å². The maximum absolute atomic E-state index is 9.97. The fraction of sp³-hybridized carbons (Fsp3) is 0.357. The fourth-order valence-electron chi connectivity index (χ4n) is 3.96. The van der Waals surface area contributed by atoms with Gasteiger partial charge in [-0.15, -0.1) is 0 Å². The molecule has 0 spiro atoms. The van der Waals surface area contributed by atoms with Crippen molar-refractivity contribution in [2.45, 2.75) is 64.9 Å². The van der Waals surface area contributed by atoms with Crippen LogP contribution in [0.4, 0.5) is 0 Å². The topological polar surface area (TPSA) is 20.2 Å². The van der Waals surface area contributed by atoms with E-state index in [2.05, 4.69) is 67.6 Å². The smallest absolute Gasteiger partial charge is 0.0762 e. The van der Waals surface area contributed by atoms with Gasteiger partial charge in [0.15, 0.2) is 0 Å². The molecule has 3 aromatic carbocycles. The third kappa shape index (κ3) is 6.05. The second kappa shape index (κ2) is 11.0. The Morgan fingerprint density at radius 2 is 1.31 bits per heavy atom. The molecule has 152 valence electrons. The maximum Gasteiger partial charge on any atom is 0.0762 e. The van der Waals surface area contributed by atoms with Crippen LogP contribution in [0.3, 0.4) is 0 Å². The Morgan fingerprint density at radius 3 is 2.00 bits per heavy atom. The summed E-state index contributed by atoms with van der Waals surface area (Å²) in [6.07, 6.45) is 8.69. The highest BCUT2D eigenvalue weighted by Gasteiger charge is 2.09. The molecule has 1 atom stereocenters. The Balaban J connectivity index is 1.79. The van der Waals surface area contributed by atoms with E-state index in [0.717, 1.165) is 17.5 Å².